The summed E-state index contributed by atoms with van der Waals surface area (Å²) in [6.45, 7) is 7.61. The molecule has 34 heavy (non-hydrogen) atoms. The highest BCUT2D eigenvalue weighted by Gasteiger charge is 2.27. The van der Waals surface area contributed by atoms with Crippen molar-refractivity contribution in [2.45, 2.75) is 59.2 Å². The summed E-state index contributed by atoms with van der Waals surface area (Å²) in [7, 11) is -3.58. The summed E-state index contributed by atoms with van der Waals surface area (Å²) in [6.07, 6.45) is 1.52. The summed E-state index contributed by atoms with van der Waals surface area (Å²) in [5.41, 5.74) is 2.06. The third-order valence-electron chi connectivity index (χ3n) is 5.45. The molecule has 0 aliphatic carbocycles. The number of amides is 2. The lowest BCUT2D eigenvalue weighted by Crippen LogP contribution is -2.49. The average Bonchev–Trinajstić information content (AvgIpc) is 2.76. The Hall–Kier alpha value is -2.58. The third-order valence-corrected chi connectivity index (χ3v) is 7.04. The van der Waals surface area contributed by atoms with Gasteiger partial charge in [0.05, 0.1) is 11.9 Å². The summed E-state index contributed by atoms with van der Waals surface area (Å²) < 4.78 is 26.2. The van der Waals surface area contributed by atoms with Crippen LogP contribution >= 0.6 is 11.6 Å². The minimum atomic E-state index is -3.58. The molecule has 0 bridgehead atoms. The molecule has 0 saturated heterocycles. The Balaban J connectivity index is 2.18. The maximum Gasteiger partial charge on any atom is 0.242 e. The molecule has 186 valence electrons. The van der Waals surface area contributed by atoms with Crippen LogP contribution in [-0.2, 0) is 26.2 Å². The molecule has 0 fully saturated rings. The van der Waals surface area contributed by atoms with Gasteiger partial charge in [-0.2, -0.15) is 0 Å². The SMILES string of the molecule is Cc1c(Cl)cccc1N(CCCC(=O)N(Cc1ccccc1)C(C)C(=O)NC(C)C)S(C)(=O)=O. The van der Waals surface area contributed by atoms with Crippen LogP contribution in [0.15, 0.2) is 48.5 Å². The largest absolute Gasteiger partial charge is 0.352 e. The number of rotatable bonds is 11. The molecule has 0 aliphatic rings. The van der Waals surface area contributed by atoms with E-state index >= 15 is 0 Å². The van der Waals surface area contributed by atoms with Crippen LogP contribution in [0.25, 0.3) is 0 Å². The fraction of sp³-hybridized carbons (Fsp3) is 0.440. The first-order valence-electron chi connectivity index (χ1n) is 11.3. The molecule has 0 aromatic heterocycles. The number of carbonyl (C=O) groups is 2. The van der Waals surface area contributed by atoms with Gasteiger partial charge in [0.1, 0.15) is 6.04 Å². The van der Waals surface area contributed by atoms with E-state index in [-0.39, 0.29) is 37.4 Å². The number of hydrogen-bond donors (Lipinski definition) is 1. The Labute approximate surface area is 208 Å². The van der Waals surface area contributed by atoms with E-state index < -0.39 is 16.1 Å². The maximum atomic E-state index is 13.2. The van der Waals surface area contributed by atoms with E-state index in [1.54, 1.807) is 36.9 Å². The van der Waals surface area contributed by atoms with Crippen LogP contribution in [0, 0.1) is 6.92 Å². The number of carbonyl (C=O) groups excluding carboxylic acids is 2. The van der Waals surface area contributed by atoms with Crippen molar-refractivity contribution in [2.75, 3.05) is 17.1 Å². The molecule has 0 aliphatic heterocycles. The Kier molecular flexibility index (Phi) is 9.94. The molecule has 9 heteroatoms. The van der Waals surface area contributed by atoms with Gasteiger partial charge in [-0.25, -0.2) is 8.42 Å². The number of sulfonamides is 1. The molecule has 2 aromatic carbocycles. The van der Waals surface area contributed by atoms with Crippen molar-refractivity contribution >= 4 is 39.1 Å². The van der Waals surface area contributed by atoms with Crippen molar-refractivity contribution < 1.29 is 18.0 Å². The van der Waals surface area contributed by atoms with Crippen LogP contribution in [-0.4, -0.2) is 50.0 Å². The van der Waals surface area contributed by atoms with Crippen LogP contribution in [0.2, 0.25) is 5.02 Å². The molecular weight excluding hydrogens is 474 g/mol. The molecule has 0 heterocycles. The van der Waals surface area contributed by atoms with E-state index in [9.17, 15) is 18.0 Å². The molecule has 0 spiro atoms. The molecule has 1 unspecified atom stereocenters. The van der Waals surface area contributed by atoms with Crippen molar-refractivity contribution in [3.05, 3.63) is 64.7 Å². The van der Waals surface area contributed by atoms with Crippen molar-refractivity contribution in [3.8, 4) is 0 Å². The van der Waals surface area contributed by atoms with Crippen molar-refractivity contribution in [1.29, 1.82) is 0 Å². The molecule has 7 nitrogen and oxygen atoms in total. The monoisotopic (exact) mass is 507 g/mol. The number of benzene rings is 2. The first-order valence-corrected chi connectivity index (χ1v) is 13.5. The Morgan fingerprint density at radius 3 is 2.26 bits per heavy atom. The summed E-state index contributed by atoms with van der Waals surface area (Å²) in [5.74, 6) is -0.446. The minimum Gasteiger partial charge on any atom is -0.352 e. The molecule has 0 saturated carbocycles. The highest BCUT2D eigenvalue weighted by molar-refractivity contribution is 7.92. The van der Waals surface area contributed by atoms with Crippen molar-refractivity contribution in [1.82, 2.24) is 10.2 Å². The zero-order chi connectivity index (χ0) is 25.5. The van der Waals surface area contributed by atoms with Crippen LogP contribution < -0.4 is 9.62 Å². The molecule has 1 N–H and O–H groups in total. The van der Waals surface area contributed by atoms with Gasteiger partial charge < -0.3 is 10.2 Å². The molecule has 2 amide bonds. The number of nitrogens with zero attached hydrogens (tertiary/aromatic N) is 2. The van der Waals surface area contributed by atoms with Gasteiger partial charge >= 0.3 is 0 Å². The normalized spacial score (nSPS) is 12.3. The Bertz CT molecular complexity index is 1090. The van der Waals surface area contributed by atoms with E-state index in [2.05, 4.69) is 5.32 Å². The van der Waals surface area contributed by atoms with E-state index in [1.165, 1.54) is 4.31 Å². The van der Waals surface area contributed by atoms with Crippen LogP contribution in [0.5, 0.6) is 0 Å². The third kappa shape index (κ3) is 7.74. The molecule has 2 rings (SSSR count). The number of hydrogen-bond acceptors (Lipinski definition) is 4. The van der Waals surface area contributed by atoms with E-state index in [1.807, 2.05) is 44.2 Å². The van der Waals surface area contributed by atoms with E-state index in [0.29, 0.717) is 22.7 Å². The lowest BCUT2D eigenvalue weighted by Gasteiger charge is -2.30. The number of nitrogens with one attached hydrogen (secondary N) is 1. The summed E-state index contributed by atoms with van der Waals surface area (Å²) in [5, 5.41) is 3.33. The second kappa shape index (κ2) is 12.2. The zero-order valence-corrected chi connectivity index (χ0v) is 22.0. The van der Waals surface area contributed by atoms with Crippen LogP contribution in [0.4, 0.5) is 5.69 Å². The molecule has 2 aromatic rings. The molecule has 1 atom stereocenters. The first-order chi connectivity index (χ1) is 15.9. The minimum absolute atomic E-state index is 0.0483. The van der Waals surface area contributed by atoms with Gasteiger partial charge in [-0.05, 0) is 57.4 Å². The fourth-order valence-electron chi connectivity index (χ4n) is 3.62. The first kappa shape index (κ1) is 27.7. The lowest BCUT2D eigenvalue weighted by molar-refractivity contribution is -0.140. The standard InChI is InChI=1S/C25H34ClN3O4S/c1-18(2)27-25(31)20(4)28(17-21-11-7-6-8-12-21)24(30)15-10-16-29(34(5,32)33)23-14-9-13-22(26)19(23)3/h6-9,11-14,18,20H,10,15-17H2,1-5H3,(H,27,31). The van der Waals surface area contributed by atoms with Gasteiger partial charge in [-0.1, -0.05) is 48.0 Å². The molecular formula is C25H34ClN3O4S. The van der Waals surface area contributed by atoms with Crippen LogP contribution in [0.3, 0.4) is 0 Å². The Morgan fingerprint density at radius 2 is 1.68 bits per heavy atom. The zero-order valence-electron chi connectivity index (χ0n) is 20.4. The number of halogens is 1. The summed E-state index contributed by atoms with van der Waals surface area (Å²) in [4.78, 5) is 27.4. The number of anilines is 1. The van der Waals surface area contributed by atoms with Gasteiger partial charge in [-0.15, -0.1) is 0 Å². The fourth-order valence-corrected chi connectivity index (χ4v) is 4.80. The van der Waals surface area contributed by atoms with Gasteiger partial charge in [-0.3, -0.25) is 13.9 Å². The predicted molar refractivity (Wildman–Crippen MR) is 137 cm³/mol. The topological polar surface area (TPSA) is 86.8 Å². The van der Waals surface area contributed by atoms with Crippen LogP contribution in [0.1, 0.15) is 44.7 Å². The van der Waals surface area contributed by atoms with Gasteiger partial charge in [0.15, 0.2) is 0 Å². The quantitative estimate of drug-likeness (QED) is 0.495. The van der Waals surface area contributed by atoms with Crippen molar-refractivity contribution in [3.63, 3.8) is 0 Å². The smallest absolute Gasteiger partial charge is 0.242 e. The second-order valence-corrected chi connectivity index (χ2v) is 11.0. The predicted octanol–water partition coefficient (Wildman–Crippen LogP) is 4.14. The highest BCUT2D eigenvalue weighted by atomic mass is 35.5. The van der Waals surface area contributed by atoms with Gasteiger partial charge in [0.25, 0.3) is 0 Å². The van der Waals surface area contributed by atoms with Crippen molar-refractivity contribution in [2.24, 2.45) is 0 Å². The lowest BCUT2D eigenvalue weighted by atomic mass is 10.1. The van der Waals surface area contributed by atoms with E-state index in [0.717, 1.165) is 11.8 Å². The van der Waals surface area contributed by atoms with Gasteiger partial charge in [0.2, 0.25) is 21.8 Å². The van der Waals surface area contributed by atoms with E-state index in [4.69, 9.17) is 11.6 Å². The maximum absolute atomic E-state index is 13.2. The highest BCUT2D eigenvalue weighted by Crippen LogP contribution is 2.28. The Morgan fingerprint density at radius 1 is 1.03 bits per heavy atom. The van der Waals surface area contributed by atoms with Gasteiger partial charge in [0, 0.05) is 30.6 Å². The second-order valence-electron chi connectivity index (χ2n) is 8.67. The molecule has 0 radical (unpaired) electrons. The summed E-state index contributed by atoms with van der Waals surface area (Å²) in [6, 6.07) is 13.8. The average molecular weight is 508 g/mol. The summed E-state index contributed by atoms with van der Waals surface area (Å²) >= 11 is 6.19.